The van der Waals surface area contributed by atoms with E-state index in [0.29, 0.717) is 12.8 Å². The minimum absolute atomic E-state index is 0.147. The predicted octanol–water partition coefficient (Wildman–Crippen LogP) is 2.71. The number of halogens is 2. The van der Waals surface area contributed by atoms with Crippen molar-refractivity contribution in [2.45, 2.75) is 44.6 Å². The van der Waals surface area contributed by atoms with Gasteiger partial charge in [0.25, 0.3) is 0 Å². The predicted molar refractivity (Wildman–Crippen MR) is 78.2 cm³/mol. The summed E-state index contributed by atoms with van der Waals surface area (Å²) in [7, 11) is 0. The van der Waals surface area contributed by atoms with Gasteiger partial charge in [-0.25, -0.2) is 8.78 Å². The van der Waals surface area contributed by atoms with Gasteiger partial charge in [0.1, 0.15) is 0 Å². The third kappa shape index (κ3) is 2.87. The molecule has 1 aromatic rings. The summed E-state index contributed by atoms with van der Waals surface area (Å²) in [6.07, 6.45) is 3.30. The average Bonchev–Trinajstić information content (AvgIpc) is 2.75. The molecular weight excluding hydrogens is 304 g/mol. The van der Waals surface area contributed by atoms with Crippen molar-refractivity contribution in [1.82, 2.24) is 4.90 Å². The van der Waals surface area contributed by atoms with Gasteiger partial charge < -0.3 is 5.11 Å². The molecule has 1 saturated heterocycles. The zero-order valence-electron chi connectivity index (χ0n) is 12.7. The lowest BCUT2D eigenvalue weighted by molar-refractivity contribution is -0.143. The number of carbonyl (C=O) groups excluding carboxylic acids is 2. The Bertz CT molecular complexity index is 641. The van der Waals surface area contributed by atoms with Crippen LogP contribution in [0.5, 0.6) is 0 Å². The fourth-order valence-electron chi connectivity index (χ4n) is 3.66. The number of benzene rings is 1. The lowest BCUT2D eigenvalue weighted by Gasteiger charge is -2.30. The Kier molecular flexibility index (Phi) is 4.19. The Labute approximate surface area is 133 Å². The molecule has 2 aliphatic rings. The van der Waals surface area contributed by atoms with Crippen molar-refractivity contribution in [1.29, 1.82) is 0 Å². The SMILES string of the molecule is O=C1CC2(CCCCC2)C(=O)N1CC(O)c1ccc(F)c(F)c1. The largest absolute Gasteiger partial charge is 0.387 e. The van der Waals surface area contributed by atoms with Crippen molar-refractivity contribution in [3.63, 3.8) is 0 Å². The van der Waals surface area contributed by atoms with Gasteiger partial charge in [0.05, 0.1) is 18.1 Å². The summed E-state index contributed by atoms with van der Waals surface area (Å²) in [4.78, 5) is 25.9. The molecule has 1 saturated carbocycles. The molecular formula is C17H19F2NO3. The van der Waals surface area contributed by atoms with Gasteiger partial charge in [0, 0.05) is 6.42 Å². The summed E-state index contributed by atoms with van der Waals surface area (Å²) < 4.78 is 26.2. The molecule has 124 valence electrons. The van der Waals surface area contributed by atoms with Crippen molar-refractivity contribution in [3.8, 4) is 0 Å². The maximum atomic E-state index is 13.3. The highest BCUT2D eigenvalue weighted by molar-refractivity contribution is 6.06. The fourth-order valence-corrected chi connectivity index (χ4v) is 3.66. The Balaban J connectivity index is 1.75. The number of likely N-dealkylation sites (tertiary alicyclic amines) is 1. The Morgan fingerprint density at radius 3 is 2.48 bits per heavy atom. The quantitative estimate of drug-likeness (QED) is 0.870. The van der Waals surface area contributed by atoms with Gasteiger partial charge in [-0.15, -0.1) is 0 Å². The molecule has 2 fully saturated rings. The maximum absolute atomic E-state index is 13.3. The van der Waals surface area contributed by atoms with Gasteiger partial charge in [-0.1, -0.05) is 25.3 Å². The number of carbonyl (C=O) groups is 2. The van der Waals surface area contributed by atoms with E-state index in [1.165, 1.54) is 6.07 Å². The highest BCUT2D eigenvalue weighted by Gasteiger charge is 2.51. The van der Waals surface area contributed by atoms with Crippen LogP contribution in [0, 0.1) is 17.0 Å². The molecule has 3 rings (SSSR count). The topological polar surface area (TPSA) is 57.6 Å². The molecule has 0 bridgehead atoms. The first kappa shape index (κ1) is 16.1. The van der Waals surface area contributed by atoms with Gasteiger partial charge >= 0.3 is 0 Å². The summed E-state index contributed by atoms with van der Waals surface area (Å²) >= 11 is 0. The first-order chi connectivity index (χ1) is 10.9. The van der Waals surface area contributed by atoms with Crippen LogP contribution >= 0.6 is 0 Å². The normalized spacial score (nSPS) is 22.0. The van der Waals surface area contributed by atoms with Gasteiger partial charge in [0.2, 0.25) is 11.8 Å². The molecule has 1 spiro atoms. The Morgan fingerprint density at radius 1 is 1.13 bits per heavy atom. The highest BCUT2D eigenvalue weighted by Crippen LogP contribution is 2.45. The number of rotatable bonds is 3. The van der Waals surface area contributed by atoms with Crippen LogP contribution in [-0.4, -0.2) is 28.4 Å². The summed E-state index contributed by atoms with van der Waals surface area (Å²) in [5, 5.41) is 10.2. The number of β-amino-alcohol motifs (C(OH)–C–C–N with tert-alkyl or cyclic N) is 1. The van der Waals surface area contributed by atoms with Gasteiger partial charge in [-0.3, -0.25) is 14.5 Å². The molecule has 1 heterocycles. The molecule has 1 aliphatic carbocycles. The second-order valence-electron chi connectivity index (χ2n) is 6.52. The van der Waals surface area contributed by atoms with E-state index in [-0.39, 0.29) is 30.3 Å². The molecule has 1 unspecified atom stereocenters. The summed E-state index contributed by atoms with van der Waals surface area (Å²) in [5.41, 5.74) is -0.461. The molecule has 1 atom stereocenters. The summed E-state index contributed by atoms with van der Waals surface area (Å²) in [6, 6.07) is 3.07. The molecule has 1 N–H and O–H groups in total. The second kappa shape index (κ2) is 6.00. The van der Waals surface area contributed by atoms with Gasteiger partial charge in [0.15, 0.2) is 11.6 Å². The number of hydrogen-bond donors (Lipinski definition) is 1. The first-order valence-corrected chi connectivity index (χ1v) is 7.91. The standard InChI is InChI=1S/C17H19F2NO3/c18-12-5-4-11(8-13(12)19)14(21)10-20-15(22)9-17(16(20)23)6-2-1-3-7-17/h4-5,8,14,21H,1-3,6-7,9-10H2. The van der Waals surface area contributed by atoms with E-state index >= 15 is 0 Å². The molecule has 0 aromatic heterocycles. The van der Waals surface area contributed by atoms with Crippen molar-refractivity contribution in [2.24, 2.45) is 5.41 Å². The lowest BCUT2D eigenvalue weighted by Crippen LogP contribution is -2.39. The number of aliphatic hydroxyl groups excluding tert-OH is 1. The number of amides is 2. The van der Waals surface area contributed by atoms with Crippen LogP contribution in [0.15, 0.2) is 18.2 Å². The monoisotopic (exact) mass is 323 g/mol. The highest BCUT2D eigenvalue weighted by atomic mass is 19.2. The number of hydrogen-bond acceptors (Lipinski definition) is 3. The van der Waals surface area contributed by atoms with E-state index in [0.717, 1.165) is 36.3 Å². The van der Waals surface area contributed by atoms with Crippen molar-refractivity contribution in [2.75, 3.05) is 6.54 Å². The number of nitrogens with zero attached hydrogens (tertiary/aromatic N) is 1. The first-order valence-electron chi connectivity index (χ1n) is 7.91. The van der Waals surface area contributed by atoms with E-state index in [1.807, 2.05) is 0 Å². The smallest absolute Gasteiger partial charge is 0.236 e. The number of imide groups is 1. The molecule has 4 nitrogen and oxygen atoms in total. The molecule has 1 aromatic carbocycles. The van der Waals surface area contributed by atoms with Crippen LogP contribution in [-0.2, 0) is 9.59 Å². The fraction of sp³-hybridized carbons (Fsp3) is 0.529. The average molecular weight is 323 g/mol. The van der Waals surface area contributed by atoms with Crippen molar-refractivity contribution < 1.29 is 23.5 Å². The van der Waals surface area contributed by atoms with E-state index < -0.39 is 23.2 Å². The van der Waals surface area contributed by atoms with Crippen molar-refractivity contribution >= 4 is 11.8 Å². The molecule has 1 aliphatic heterocycles. The van der Waals surface area contributed by atoms with Crippen LogP contribution in [0.1, 0.15) is 50.2 Å². The van der Waals surface area contributed by atoms with Gasteiger partial charge in [-0.2, -0.15) is 0 Å². The van der Waals surface area contributed by atoms with E-state index in [4.69, 9.17) is 0 Å². The lowest BCUT2D eigenvalue weighted by atomic mass is 9.73. The van der Waals surface area contributed by atoms with E-state index in [2.05, 4.69) is 0 Å². The maximum Gasteiger partial charge on any atom is 0.236 e. The molecule has 23 heavy (non-hydrogen) atoms. The Morgan fingerprint density at radius 2 is 1.83 bits per heavy atom. The minimum atomic E-state index is -1.23. The number of aliphatic hydroxyl groups is 1. The van der Waals surface area contributed by atoms with Crippen LogP contribution in [0.2, 0.25) is 0 Å². The van der Waals surface area contributed by atoms with Crippen LogP contribution in [0.4, 0.5) is 8.78 Å². The molecule has 2 amide bonds. The summed E-state index contributed by atoms with van der Waals surface area (Å²) in [6.45, 7) is -0.218. The minimum Gasteiger partial charge on any atom is -0.387 e. The van der Waals surface area contributed by atoms with Gasteiger partial charge in [-0.05, 0) is 30.5 Å². The van der Waals surface area contributed by atoms with E-state index in [9.17, 15) is 23.5 Å². The van der Waals surface area contributed by atoms with Crippen LogP contribution < -0.4 is 0 Å². The zero-order valence-corrected chi connectivity index (χ0v) is 12.7. The second-order valence-corrected chi connectivity index (χ2v) is 6.52. The van der Waals surface area contributed by atoms with E-state index in [1.54, 1.807) is 0 Å². The molecule has 6 heteroatoms. The van der Waals surface area contributed by atoms with Crippen LogP contribution in [0.3, 0.4) is 0 Å². The third-order valence-electron chi connectivity index (χ3n) is 4.98. The molecule has 0 radical (unpaired) electrons. The van der Waals surface area contributed by atoms with Crippen LogP contribution in [0.25, 0.3) is 0 Å². The zero-order chi connectivity index (χ0) is 16.6. The Hall–Kier alpha value is -1.82. The van der Waals surface area contributed by atoms with Crippen molar-refractivity contribution in [3.05, 3.63) is 35.4 Å². The third-order valence-corrected chi connectivity index (χ3v) is 4.98. The summed E-state index contributed by atoms with van der Waals surface area (Å²) in [5.74, 6) is -2.60.